The Bertz CT molecular complexity index is 977. The molecular weight excluding hydrogens is 314 g/mol. The Morgan fingerprint density at radius 1 is 1.13 bits per heavy atom. The van der Waals surface area contributed by atoms with Gasteiger partial charge in [0.15, 0.2) is 0 Å². The topological polar surface area (TPSA) is 72.7 Å². The molecule has 0 aliphatic carbocycles. The van der Waals surface area contributed by atoms with Crippen molar-refractivity contribution in [3.05, 3.63) is 54.0 Å². The Balaban J connectivity index is 2.01. The van der Waals surface area contributed by atoms with Gasteiger partial charge >= 0.3 is 0 Å². The summed E-state index contributed by atoms with van der Waals surface area (Å²) in [5, 5.41) is 0. The number of aryl methyl sites for hydroxylation is 2. The van der Waals surface area contributed by atoms with Crippen LogP contribution in [0.5, 0.6) is 5.75 Å². The van der Waals surface area contributed by atoms with Crippen LogP contribution in [0.1, 0.15) is 11.3 Å². The van der Waals surface area contributed by atoms with Crippen LogP contribution in [0, 0.1) is 13.8 Å². The van der Waals surface area contributed by atoms with E-state index in [2.05, 4.69) is 9.71 Å². The molecule has 3 aromatic rings. The highest BCUT2D eigenvalue weighted by Crippen LogP contribution is 2.26. The number of fused-ring (bicyclic) bond motifs is 1. The van der Waals surface area contributed by atoms with E-state index in [1.54, 1.807) is 40.9 Å². The second-order valence-electron chi connectivity index (χ2n) is 5.33. The van der Waals surface area contributed by atoms with Gasteiger partial charge in [-0.3, -0.25) is 4.72 Å². The fourth-order valence-corrected chi connectivity index (χ4v) is 3.68. The lowest BCUT2D eigenvalue weighted by molar-refractivity contribution is 0.402. The summed E-state index contributed by atoms with van der Waals surface area (Å²) in [6.07, 6.45) is 3.52. The van der Waals surface area contributed by atoms with Gasteiger partial charge in [-0.1, -0.05) is 6.07 Å². The molecule has 23 heavy (non-hydrogen) atoms. The Kier molecular flexibility index (Phi) is 3.73. The van der Waals surface area contributed by atoms with Crippen LogP contribution in [-0.4, -0.2) is 24.9 Å². The van der Waals surface area contributed by atoms with Gasteiger partial charge in [0.05, 0.1) is 18.5 Å². The van der Waals surface area contributed by atoms with Gasteiger partial charge in [-0.25, -0.2) is 13.4 Å². The minimum atomic E-state index is -3.75. The molecule has 7 heteroatoms. The third kappa shape index (κ3) is 3.00. The molecule has 0 bridgehead atoms. The Hall–Kier alpha value is -2.54. The van der Waals surface area contributed by atoms with Crippen LogP contribution >= 0.6 is 0 Å². The molecular formula is C16H17N3O3S. The quantitative estimate of drug-likeness (QED) is 0.798. The van der Waals surface area contributed by atoms with Crippen LogP contribution < -0.4 is 9.46 Å². The minimum absolute atomic E-state index is 0.113. The highest BCUT2D eigenvalue weighted by Gasteiger charge is 2.20. The van der Waals surface area contributed by atoms with Crippen molar-refractivity contribution in [1.29, 1.82) is 0 Å². The highest BCUT2D eigenvalue weighted by molar-refractivity contribution is 7.92. The molecule has 6 nitrogen and oxygen atoms in total. The van der Waals surface area contributed by atoms with E-state index in [1.165, 1.54) is 7.11 Å². The molecule has 2 heterocycles. The van der Waals surface area contributed by atoms with E-state index in [0.717, 1.165) is 16.9 Å². The summed E-state index contributed by atoms with van der Waals surface area (Å²) in [6.45, 7) is 3.72. The van der Waals surface area contributed by atoms with Crippen molar-refractivity contribution in [3.8, 4) is 5.75 Å². The van der Waals surface area contributed by atoms with Crippen molar-refractivity contribution in [3.63, 3.8) is 0 Å². The van der Waals surface area contributed by atoms with Crippen LogP contribution in [0.4, 0.5) is 5.69 Å². The monoisotopic (exact) mass is 331 g/mol. The third-order valence-corrected chi connectivity index (χ3v) is 4.83. The molecule has 2 aromatic heterocycles. The van der Waals surface area contributed by atoms with Crippen molar-refractivity contribution in [2.24, 2.45) is 0 Å². The maximum absolute atomic E-state index is 12.7. The first-order valence-corrected chi connectivity index (χ1v) is 8.50. The fourth-order valence-electron chi connectivity index (χ4n) is 2.38. The van der Waals surface area contributed by atoms with Crippen LogP contribution in [0.3, 0.4) is 0 Å². The number of ether oxygens (including phenoxy) is 1. The molecule has 0 radical (unpaired) electrons. The van der Waals surface area contributed by atoms with Crippen molar-refractivity contribution >= 4 is 21.4 Å². The zero-order chi connectivity index (χ0) is 16.6. The molecule has 1 N–H and O–H groups in total. The van der Waals surface area contributed by atoms with Crippen LogP contribution in [0.15, 0.2) is 47.6 Å². The van der Waals surface area contributed by atoms with E-state index in [4.69, 9.17) is 4.74 Å². The number of hydrogen-bond acceptors (Lipinski definition) is 4. The first-order chi connectivity index (χ1) is 10.9. The molecule has 0 aliphatic rings. The van der Waals surface area contributed by atoms with Gasteiger partial charge in [0.1, 0.15) is 16.3 Å². The Morgan fingerprint density at radius 3 is 2.65 bits per heavy atom. The van der Waals surface area contributed by atoms with Gasteiger partial charge in [-0.05, 0) is 43.7 Å². The van der Waals surface area contributed by atoms with Gasteiger partial charge in [0.25, 0.3) is 10.0 Å². The maximum Gasteiger partial charge on any atom is 0.265 e. The molecule has 1 aromatic carbocycles. The molecule has 0 amide bonds. The number of pyridine rings is 1. The number of sulfonamides is 1. The summed E-state index contributed by atoms with van der Waals surface area (Å²) in [6, 6.07) is 8.48. The number of methoxy groups -OCH3 is 1. The van der Waals surface area contributed by atoms with Gasteiger partial charge in [-0.15, -0.1) is 0 Å². The number of nitrogens with one attached hydrogen (secondary N) is 1. The predicted octanol–water partition coefficient (Wildman–Crippen LogP) is 2.76. The fraction of sp³-hybridized carbons (Fsp3) is 0.188. The van der Waals surface area contributed by atoms with Gasteiger partial charge in [0, 0.05) is 12.4 Å². The predicted molar refractivity (Wildman–Crippen MR) is 88.5 cm³/mol. The molecule has 120 valence electrons. The highest BCUT2D eigenvalue weighted by atomic mass is 32.2. The largest absolute Gasteiger partial charge is 0.495 e. The number of nitrogens with zero attached hydrogens (tertiary/aromatic N) is 2. The molecule has 0 saturated carbocycles. The lowest BCUT2D eigenvalue weighted by Gasteiger charge is -2.12. The molecule has 0 saturated heterocycles. The summed E-state index contributed by atoms with van der Waals surface area (Å²) >= 11 is 0. The van der Waals surface area contributed by atoms with Crippen molar-refractivity contribution in [1.82, 2.24) is 9.38 Å². The molecule has 0 fully saturated rings. The zero-order valence-electron chi connectivity index (χ0n) is 13.1. The van der Waals surface area contributed by atoms with Crippen molar-refractivity contribution < 1.29 is 13.2 Å². The molecule has 0 spiro atoms. The summed E-state index contributed by atoms with van der Waals surface area (Å²) in [5.41, 5.74) is 2.93. The summed E-state index contributed by atoms with van der Waals surface area (Å²) in [7, 11) is -2.30. The summed E-state index contributed by atoms with van der Waals surface area (Å²) in [5.74, 6) is 0.308. The number of benzene rings is 1. The second kappa shape index (κ2) is 5.58. The van der Waals surface area contributed by atoms with E-state index in [0.29, 0.717) is 11.4 Å². The van der Waals surface area contributed by atoms with Crippen LogP contribution in [0.2, 0.25) is 0 Å². The average molecular weight is 331 g/mol. The number of aromatic nitrogens is 2. The standard InChI is InChI=1S/C16H17N3O3S/c1-11-4-6-14(22-3)15(8-11)23(20,21)18-13-5-7-16-17-12(2)9-19(16)10-13/h4-10,18H,1-3H3. The van der Waals surface area contributed by atoms with E-state index in [9.17, 15) is 8.42 Å². The maximum atomic E-state index is 12.7. The zero-order valence-corrected chi connectivity index (χ0v) is 13.9. The Morgan fingerprint density at radius 2 is 1.91 bits per heavy atom. The number of hydrogen-bond donors (Lipinski definition) is 1. The first kappa shape index (κ1) is 15.4. The van der Waals surface area contributed by atoms with E-state index in [-0.39, 0.29) is 4.90 Å². The smallest absolute Gasteiger partial charge is 0.265 e. The lowest BCUT2D eigenvalue weighted by Crippen LogP contribution is -2.14. The van der Waals surface area contributed by atoms with Crippen LogP contribution in [0.25, 0.3) is 5.65 Å². The molecule has 0 unspecified atom stereocenters. The number of anilines is 1. The Labute approximate surface area is 134 Å². The normalized spacial score (nSPS) is 11.6. The lowest BCUT2D eigenvalue weighted by atomic mass is 10.2. The van der Waals surface area contributed by atoms with Crippen LogP contribution in [-0.2, 0) is 10.0 Å². The van der Waals surface area contributed by atoms with Gasteiger partial charge in [-0.2, -0.15) is 0 Å². The molecule has 0 aliphatic heterocycles. The number of rotatable bonds is 4. The third-order valence-electron chi connectivity index (χ3n) is 3.43. The van der Waals surface area contributed by atoms with E-state index < -0.39 is 10.0 Å². The molecule has 0 atom stereocenters. The SMILES string of the molecule is COc1ccc(C)cc1S(=O)(=O)Nc1ccc2nc(C)cn2c1. The van der Waals surface area contributed by atoms with Gasteiger partial charge in [0.2, 0.25) is 0 Å². The summed E-state index contributed by atoms with van der Waals surface area (Å²) in [4.78, 5) is 4.43. The average Bonchev–Trinajstić information content (AvgIpc) is 2.86. The summed E-state index contributed by atoms with van der Waals surface area (Å²) < 4.78 is 34.8. The minimum Gasteiger partial charge on any atom is -0.495 e. The number of imidazole rings is 1. The molecule has 3 rings (SSSR count). The van der Waals surface area contributed by atoms with E-state index >= 15 is 0 Å². The van der Waals surface area contributed by atoms with E-state index in [1.807, 2.05) is 20.0 Å². The second-order valence-corrected chi connectivity index (χ2v) is 6.98. The van der Waals surface area contributed by atoms with Gasteiger partial charge < -0.3 is 9.14 Å². The van der Waals surface area contributed by atoms with Crippen molar-refractivity contribution in [2.75, 3.05) is 11.8 Å². The van der Waals surface area contributed by atoms with Crippen molar-refractivity contribution in [2.45, 2.75) is 18.7 Å². The first-order valence-electron chi connectivity index (χ1n) is 7.02.